The molecule has 0 saturated heterocycles. The third-order valence-electron chi connectivity index (χ3n) is 0.500. The molecule has 1 radical (unpaired) electrons. The van der Waals surface area contributed by atoms with Crippen molar-refractivity contribution in [3.05, 3.63) is 22.3 Å². The average Bonchev–Trinajstić information content (AvgIpc) is 1.37. The molecule has 0 atom stereocenters. The number of hydrogen-bond donors (Lipinski definition) is 0. The van der Waals surface area contributed by atoms with Gasteiger partial charge in [-0.3, -0.25) is 0 Å². The molecule has 9 heavy (non-hydrogen) atoms. The SMILES string of the molecule is C.CCCC.[CH3-].[CH3-].[CH3-].[V]. The van der Waals surface area contributed by atoms with Crippen molar-refractivity contribution >= 4 is 0 Å². The largest absolute Gasteiger partial charge is 0.358 e. The minimum Gasteiger partial charge on any atom is -0.358 e. The van der Waals surface area contributed by atoms with Gasteiger partial charge in [0, 0.05) is 18.6 Å². The van der Waals surface area contributed by atoms with E-state index in [1.165, 1.54) is 12.8 Å². The van der Waals surface area contributed by atoms with Crippen molar-refractivity contribution in [3.8, 4) is 0 Å². The first-order valence-electron chi connectivity index (χ1n) is 1.91. The summed E-state index contributed by atoms with van der Waals surface area (Å²) in [4.78, 5) is 0. The number of unbranched alkanes of at least 4 members (excludes halogenated alkanes) is 1. The topological polar surface area (TPSA) is 0 Å². The van der Waals surface area contributed by atoms with Crippen LogP contribution in [-0.2, 0) is 18.6 Å². The first-order valence-corrected chi connectivity index (χ1v) is 1.91. The van der Waals surface area contributed by atoms with Crippen LogP contribution in [0.4, 0.5) is 0 Å². The Balaban J connectivity index is -0.00000000450. The van der Waals surface area contributed by atoms with Crippen molar-refractivity contribution in [3.63, 3.8) is 0 Å². The summed E-state index contributed by atoms with van der Waals surface area (Å²) in [7, 11) is 0. The van der Waals surface area contributed by atoms with Gasteiger partial charge in [0.05, 0.1) is 0 Å². The second kappa shape index (κ2) is 73.9. The van der Waals surface area contributed by atoms with Gasteiger partial charge in [-0.25, -0.2) is 0 Å². The summed E-state index contributed by atoms with van der Waals surface area (Å²) >= 11 is 0. The molecule has 0 nitrogen and oxygen atoms in total. The van der Waals surface area contributed by atoms with E-state index in [-0.39, 0.29) is 48.3 Å². The molecular weight excluding hydrogens is 147 g/mol. The quantitative estimate of drug-likeness (QED) is 0.525. The van der Waals surface area contributed by atoms with E-state index in [2.05, 4.69) is 13.8 Å². The average molecular weight is 170 g/mol. The minimum atomic E-state index is 0. The molecule has 0 aromatic carbocycles. The van der Waals surface area contributed by atoms with Gasteiger partial charge in [-0.15, -0.1) is 0 Å². The van der Waals surface area contributed by atoms with Crippen LogP contribution in [0.2, 0.25) is 0 Å². The fraction of sp³-hybridized carbons (Fsp3) is 0.625. The molecule has 0 aromatic rings. The third kappa shape index (κ3) is 148. The van der Waals surface area contributed by atoms with Crippen molar-refractivity contribution in [2.24, 2.45) is 0 Å². The van der Waals surface area contributed by atoms with Crippen LogP contribution in [0.3, 0.4) is 0 Å². The van der Waals surface area contributed by atoms with E-state index in [0.29, 0.717) is 0 Å². The predicted octanol–water partition coefficient (Wildman–Crippen LogP) is 3.79. The Hall–Kier alpha value is 0.584. The normalized spacial score (nSPS) is 3.33. The van der Waals surface area contributed by atoms with Gasteiger partial charge >= 0.3 is 0 Å². The zero-order chi connectivity index (χ0) is 3.41. The van der Waals surface area contributed by atoms with Crippen LogP contribution in [0.15, 0.2) is 0 Å². The Morgan fingerprint density at radius 2 is 0.889 bits per heavy atom. The molecule has 1 heteroatoms. The van der Waals surface area contributed by atoms with Gasteiger partial charge in [0.15, 0.2) is 0 Å². The van der Waals surface area contributed by atoms with Gasteiger partial charge in [0.1, 0.15) is 0 Å². The molecule has 0 N–H and O–H groups in total. The predicted molar refractivity (Wildman–Crippen MR) is 46.6 cm³/mol. The smallest absolute Gasteiger partial charge is 0 e. The van der Waals surface area contributed by atoms with Gasteiger partial charge < -0.3 is 22.3 Å². The molecule has 0 aliphatic rings. The molecule has 0 unspecified atom stereocenters. The van der Waals surface area contributed by atoms with Crippen molar-refractivity contribution in [2.75, 3.05) is 0 Å². The maximum atomic E-state index is 2.18. The van der Waals surface area contributed by atoms with Crippen LogP contribution < -0.4 is 0 Å². The Bertz CT molecular complexity index is 6.53. The molecule has 0 rings (SSSR count). The summed E-state index contributed by atoms with van der Waals surface area (Å²) in [5.41, 5.74) is 0. The molecule has 63 valence electrons. The fourth-order valence-corrected chi connectivity index (χ4v) is 0. The summed E-state index contributed by atoms with van der Waals surface area (Å²) in [6, 6.07) is 0. The zero-order valence-electron chi connectivity index (χ0n) is 6.86. The van der Waals surface area contributed by atoms with E-state index in [4.69, 9.17) is 0 Å². The van der Waals surface area contributed by atoms with Crippen LogP contribution in [0, 0.1) is 22.3 Å². The molecule has 0 amide bonds. The Morgan fingerprint density at radius 3 is 0.889 bits per heavy atom. The molecule has 0 aliphatic heterocycles. The standard InChI is InChI=1S/C4H10.CH4.3CH3.V/c1-3-4-2;;;;;/h3-4H2,1-2H3;1H4;3*1H3;/q;;3*-1;. The molecule has 0 aromatic heterocycles. The van der Waals surface area contributed by atoms with E-state index in [1.54, 1.807) is 0 Å². The van der Waals surface area contributed by atoms with Crippen LogP contribution in [-0.4, -0.2) is 0 Å². The Labute approximate surface area is 75.3 Å². The first kappa shape index (κ1) is 55.0. The van der Waals surface area contributed by atoms with Crippen LogP contribution in [0.25, 0.3) is 0 Å². The monoisotopic (exact) mass is 170 g/mol. The fourth-order valence-electron chi connectivity index (χ4n) is 0. The van der Waals surface area contributed by atoms with Crippen LogP contribution in [0.5, 0.6) is 0 Å². The summed E-state index contributed by atoms with van der Waals surface area (Å²) in [6.45, 7) is 4.36. The van der Waals surface area contributed by atoms with E-state index in [0.717, 1.165) is 0 Å². The summed E-state index contributed by atoms with van der Waals surface area (Å²) < 4.78 is 0. The maximum Gasteiger partial charge on any atom is 0 e. The van der Waals surface area contributed by atoms with Gasteiger partial charge in [-0.1, -0.05) is 34.1 Å². The van der Waals surface area contributed by atoms with Crippen LogP contribution in [0.1, 0.15) is 34.1 Å². The van der Waals surface area contributed by atoms with Gasteiger partial charge in [0.2, 0.25) is 0 Å². The molecule has 0 heterocycles. The third-order valence-corrected chi connectivity index (χ3v) is 0.500. The minimum absolute atomic E-state index is 0. The number of hydrogen-bond acceptors (Lipinski definition) is 0. The van der Waals surface area contributed by atoms with Crippen molar-refractivity contribution in [1.82, 2.24) is 0 Å². The van der Waals surface area contributed by atoms with Gasteiger partial charge in [-0.05, 0) is 0 Å². The van der Waals surface area contributed by atoms with Gasteiger partial charge in [-0.2, -0.15) is 0 Å². The first-order chi connectivity index (χ1) is 1.91. The van der Waals surface area contributed by atoms with Crippen molar-refractivity contribution < 1.29 is 18.6 Å². The molecule has 0 saturated carbocycles. The Kier molecular flexibility index (Phi) is 452. The van der Waals surface area contributed by atoms with Gasteiger partial charge in [0.25, 0.3) is 0 Å². The second-order valence-corrected chi connectivity index (χ2v) is 1.000. The molecule has 0 spiro atoms. The Morgan fingerprint density at radius 1 is 0.778 bits per heavy atom. The van der Waals surface area contributed by atoms with E-state index in [1.807, 2.05) is 0 Å². The van der Waals surface area contributed by atoms with E-state index in [9.17, 15) is 0 Å². The van der Waals surface area contributed by atoms with Crippen LogP contribution >= 0.6 is 0 Å². The van der Waals surface area contributed by atoms with Crippen molar-refractivity contribution in [1.29, 1.82) is 0 Å². The van der Waals surface area contributed by atoms with Crippen molar-refractivity contribution in [2.45, 2.75) is 34.1 Å². The molecule has 0 bridgehead atoms. The summed E-state index contributed by atoms with van der Waals surface area (Å²) in [5, 5.41) is 0. The zero-order valence-corrected chi connectivity index (χ0v) is 8.26. The molecule has 0 fully saturated rings. The van der Waals surface area contributed by atoms with E-state index < -0.39 is 0 Å². The molecular formula is C8H23V-3. The second-order valence-electron chi connectivity index (χ2n) is 1.000. The summed E-state index contributed by atoms with van der Waals surface area (Å²) in [6.07, 6.45) is 2.64. The molecule has 0 aliphatic carbocycles. The maximum absolute atomic E-state index is 2.18. The summed E-state index contributed by atoms with van der Waals surface area (Å²) in [5.74, 6) is 0. The van der Waals surface area contributed by atoms with E-state index >= 15 is 0 Å². The number of rotatable bonds is 1.